The van der Waals surface area contributed by atoms with Crippen molar-refractivity contribution < 1.29 is 52.0 Å². The van der Waals surface area contributed by atoms with Crippen LogP contribution in [0.2, 0.25) is 0 Å². The Morgan fingerprint density at radius 2 is 1.11 bits per heavy atom. The number of methoxy groups -OCH3 is 2. The summed E-state index contributed by atoms with van der Waals surface area (Å²) in [7, 11) is 3.65. The van der Waals surface area contributed by atoms with Crippen LogP contribution in [0.1, 0.15) is 79.1 Å². The third-order valence-corrected chi connectivity index (χ3v) is 5.17. The summed E-state index contributed by atoms with van der Waals surface area (Å²) in [5.41, 5.74) is 0. The predicted octanol–water partition coefficient (Wildman–Crippen LogP) is 5.03. The molecule has 6 atom stereocenters. The molecule has 1 saturated heterocycles. The number of hydrogen-bond donors (Lipinski definition) is 1. The fourth-order valence-corrected chi connectivity index (χ4v) is 3.36. The van der Waals surface area contributed by atoms with Gasteiger partial charge in [-0.2, -0.15) is 0 Å². The molecule has 1 N–H and O–H groups in total. The van der Waals surface area contributed by atoms with E-state index in [1.807, 2.05) is 14.2 Å². The van der Waals surface area contributed by atoms with Gasteiger partial charge in [-0.1, -0.05) is 52.6 Å². The number of epoxide rings is 1. The van der Waals surface area contributed by atoms with E-state index in [1.165, 1.54) is 51.4 Å². The fourth-order valence-electron chi connectivity index (χ4n) is 3.36. The molecule has 0 aromatic rings. The van der Waals surface area contributed by atoms with Crippen LogP contribution in [-0.2, 0) is 46.9 Å². The van der Waals surface area contributed by atoms with Gasteiger partial charge < -0.3 is 26.2 Å². The molecule has 5 heteroatoms. The zero-order valence-electron chi connectivity index (χ0n) is 18.8. The SMILES string of the molecule is CC1CO1.COC1CCCCC1C.COC1CCCCC1C.[CH2-]C(C)O.[Y]. The largest absolute Gasteiger partial charge is 0.426 e. The molecule has 1 aliphatic heterocycles. The molecular formula is C22H45O4Y-. The molecule has 3 aliphatic rings. The summed E-state index contributed by atoms with van der Waals surface area (Å²) in [6.07, 6.45) is 12.1. The molecule has 2 saturated carbocycles. The first-order valence-electron chi connectivity index (χ1n) is 10.5. The first kappa shape index (κ1) is 30.1. The van der Waals surface area contributed by atoms with Gasteiger partial charge in [-0.25, -0.2) is 0 Å². The predicted molar refractivity (Wildman–Crippen MR) is 109 cm³/mol. The van der Waals surface area contributed by atoms with Crippen LogP contribution in [-0.4, -0.2) is 50.3 Å². The normalized spacial score (nSPS) is 32.7. The van der Waals surface area contributed by atoms with Gasteiger partial charge in [0.05, 0.1) is 24.9 Å². The molecule has 1 radical (unpaired) electrons. The van der Waals surface area contributed by atoms with E-state index >= 15 is 0 Å². The zero-order chi connectivity index (χ0) is 19.9. The smallest absolute Gasteiger partial charge is 0.0781 e. The Bertz CT molecular complexity index is 286. The first-order valence-corrected chi connectivity index (χ1v) is 10.5. The van der Waals surface area contributed by atoms with Crippen molar-refractivity contribution in [3.8, 4) is 0 Å². The minimum atomic E-state index is -0.417. The van der Waals surface area contributed by atoms with Crippen LogP contribution in [0.15, 0.2) is 0 Å². The van der Waals surface area contributed by atoms with Crippen LogP contribution in [0.25, 0.3) is 0 Å². The maximum absolute atomic E-state index is 7.94. The Hall–Kier alpha value is 0.944. The van der Waals surface area contributed by atoms with E-state index in [-0.39, 0.29) is 32.7 Å². The van der Waals surface area contributed by atoms with Gasteiger partial charge in [0.1, 0.15) is 0 Å². The third kappa shape index (κ3) is 18.7. The van der Waals surface area contributed by atoms with Crippen LogP contribution in [0.3, 0.4) is 0 Å². The molecule has 0 aromatic carbocycles. The van der Waals surface area contributed by atoms with Crippen molar-refractivity contribution in [3.05, 3.63) is 6.92 Å². The molecular weight excluding hydrogens is 417 g/mol. The van der Waals surface area contributed by atoms with Crippen molar-refractivity contribution in [3.63, 3.8) is 0 Å². The zero-order valence-corrected chi connectivity index (χ0v) is 21.6. The number of hydrogen-bond acceptors (Lipinski definition) is 4. The Labute approximate surface area is 194 Å². The van der Waals surface area contributed by atoms with Crippen molar-refractivity contribution in [1.82, 2.24) is 0 Å². The van der Waals surface area contributed by atoms with E-state index in [1.54, 1.807) is 6.92 Å². The molecule has 27 heavy (non-hydrogen) atoms. The summed E-state index contributed by atoms with van der Waals surface area (Å²) in [4.78, 5) is 0. The second kappa shape index (κ2) is 18.9. The van der Waals surface area contributed by atoms with Gasteiger partial charge in [0, 0.05) is 46.9 Å². The summed E-state index contributed by atoms with van der Waals surface area (Å²) in [5.74, 6) is 1.59. The third-order valence-electron chi connectivity index (χ3n) is 5.17. The first-order chi connectivity index (χ1) is 12.3. The number of ether oxygens (including phenoxy) is 3. The molecule has 0 aromatic heterocycles. The maximum atomic E-state index is 7.94. The van der Waals surface area contributed by atoms with Gasteiger partial charge in [0.25, 0.3) is 0 Å². The summed E-state index contributed by atoms with van der Waals surface area (Å²) in [5, 5.41) is 7.94. The minimum absolute atomic E-state index is 0. The second-order valence-electron chi connectivity index (χ2n) is 8.06. The van der Waals surface area contributed by atoms with Gasteiger partial charge in [0.15, 0.2) is 0 Å². The minimum Gasteiger partial charge on any atom is -0.426 e. The molecule has 0 spiro atoms. The monoisotopic (exact) mass is 462 g/mol. The van der Waals surface area contributed by atoms with E-state index < -0.39 is 6.10 Å². The summed E-state index contributed by atoms with van der Waals surface area (Å²) < 4.78 is 15.3. The molecule has 0 bridgehead atoms. The van der Waals surface area contributed by atoms with E-state index in [4.69, 9.17) is 19.3 Å². The molecule has 1 heterocycles. The second-order valence-corrected chi connectivity index (χ2v) is 8.06. The van der Waals surface area contributed by atoms with Crippen LogP contribution >= 0.6 is 0 Å². The van der Waals surface area contributed by atoms with Gasteiger partial charge >= 0.3 is 0 Å². The molecule has 161 valence electrons. The maximum Gasteiger partial charge on any atom is 0.0781 e. The topological polar surface area (TPSA) is 51.2 Å². The van der Waals surface area contributed by atoms with Gasteiger partial charge in [-0.05, 0) is 44.4 Å². The average Bonchev–Trinajstić information content (AvgIpc) is 3.39. The van der Waals surface area contributed by atoms with Crippen molar-refractivity contribution in [2.24, 2.45) is 11.8 Å². The van der Waals surface area contributed by atoms with E-state index in [0.717, 1.165) is 18.4 Å². The van der Waals surface area contributed by atoms with Crippen LogP contribution in [0.4, 0.5) is 0 Å². The Morgan fingerprint density at radius 3 is 1.26 bits per heavy atom. The number of rotatable bonds is 2. The van der Waals surface area contributed by atoms with Gasteiger partial charge in [-0.3, -0.25) is 0 Å². The number of aliphatic hydroxyl groups is 1. The summed E-state index contributed by atoms with van der Waals surface area (Å²) in [6.45, 7) is 12.4. The van der Waals surface area contributed by atoms with Crippen molar-refractivity contribution >= 4 is 0 Å². The quantitative estimate of drug-likeness (QED) is 0.462. The molecule has 4 nitrogen and oxygen atoms in total. The Balaban J connectivity index is 0. The van der Waals surface area contributed by atoms with Crippen LogP contribution in [0, 0.1) is 18.8 Å². The van der Waals surface area contributed by atoms with Crippen molar-refractivity contribution in [1.29, 1.82) is 0 Å². The Morgan fingerprint density at radius 1 is 0.852 bits per heavy atom. The Kier molecular flexibility index (Phi) is 21.1. The van der Waals surface area contributed by atoms with Crippen LogP contribution in [0.5, 0.6) is 0 Å². The van der Waals surface area contributed by atoms with E-state index in [9.17, 15) is 0 Å². The molecule has 2 aliphatic carbocycles. The van der Waals surface area contributed by atoms with E-state index in [0.29, 0.717) is 18.3 Å². The summed E-state index contributed by atoms with van der Waals surface area (Å²) >= 11 is 0. The average molecular weight is 463 g/mol. The molecule has 3 rings (SSSR count). The van der Waals surface area contributed by atoms with Gasteiger partial charge in [0.2, 0.25) is 0 Å². The van der Waals surface area contributed by atoms with Crippen molar-refractivity contribution in [2.45, 2.75) is 103 Å². The fraction of sp³-hybridized carbons (Fsp3) is 0.955. The van der Waals surface area contributed by atoms with Gasteiger partial charge in [-0.15, -0.1) is 0 Å². The summed E-state index contributed by atoms with van der Waals surface area (Å²) in [6, 6.07) is 0. The number of aliphatic hydroxyl groups excluding tert-OH is 1. The molecule has 0 amide bonds. The van der Waals surface area contributed by atoms with Crippen LogP contribution < -0.4 is 0 Å². The molecule has 3 fully saturated rings. The molecule has 6 unspecified atom stereocenters. The van der Waals surface area contributed by atoms with Crippen molar-refractivity contribution in [2.75, 3.05) is 20.8 Å². The standard InChI is InChI=1S/2C8H16O.C3H6O.C3H7O.Y/c2*1-7-5-3-4-6-8(7)9-2;1-3-2-4-3;1-3(2)4;/h2*7-8H,3-6H2,1-2H3;3H,2H2,1H3;3-4H,1H2,2H3;/q;;;-1;. The van der Waals surface area contributed by atoms with E-state index in [2.05, 4.69) is 27.7 Å².